The van der Waals surface area contributed by atoms with Crippen molar-refractivity contribution in [3.63, 3.8) is 0 Å². The van der Waals surface area contributed by atoms with Gasteiger partial charge in [0.2, 0.25) is 0 Å². The van der Waals surface area contributed by atoms with Gasteiger partial charge >= 0.3 is 5.97 Å². The summed E-state index contributed by atoms with van der Waals surface area (Å²) in [4.78, 5) is 11.5. The third-order valence-electron chi connectivity index (χ3n) is 2.76. The summed E-state index contributed by atoms with van der Waals surface area (Å²) in [6, 6.07) is 0. The number of allylic oxidation sites excluding steroid dienone is 1. The van der Waals surface area contributed by atoms with Gasteiger partial charge in [0.1, 0.15) is 4.49 Å². The highest BCUT2D eigenvalue weighted by atomic mass is 35.5. The first-order valence-corrected chi connectivity index (χ1v) is 5.36. The van der Waals surface area contributed by atoms with Gasteiger partial charge in [-0.25, -0.2) is 0 Å². The molecule has 1 saturated carbocycles. The summed E-state index contributed by atoms with van der Waals surface area (Å²) >= 11 is 11.1. The number of hydrogen-bond acceptors (Lipinski definition) is 2. The molecule has 1 fully saturated rings. The number of ether oxygens (including phenoxy) is 1. The second-order valence-electron chi connectivity index (χ2n) is 4.03. The maximum absolute atomic E-state index is 11.5. The molecule has 0 N–H and O–H groups in total. The fourth-order valence-electron chi connectivity index (χ4n) is 1.81. The van der Waals surface area contributed by atoms with Crippen molar-refractivity contribution in [2.24, 2.45) is 17.3 Å². The standard InChI is InChI=1S/C10H14Cl2O2/c1-4-14-9(13)8-6(5-7(11)12)10(8,2)3/h5-6,8H,4H2,1-3H3/t6-,8-/m0/s1. The highest BCUT2D eigenvalue weighted by Crippen LogP contribution is 2.60. The second kappa shape index (κ2) is 4.11. The van der Waals surface area contributed by atoms with Gasteiger partial charge in [-0.15, -0.1) is 0 Å². The van der Waals surface area contributed by atoms with Crippen LogP contribution in [0, 0.1) is 17.3 Å². The number of hydrogen-bond donors (Lipinski definition) is 0. The lowest BCUT2D eigenvalue weighted by Crippen LogP contribution is -2.10. The van der Waals surface area contributed by atoms with E-state index >= 15 is 0 Å². The topological polar surface area (TPSA) is 26.3 Å². The summed E-state index contributed by atoms with van der Waals surface area (Å²) in [7, 11) is 0. The predicted octanol–water partition coefficient (Wildman–Crippen LogP) is 3.14. The molecule has 0 heterocycles. The van der Waals surface area contributed by atoms with Crippen molar-refractivity contribution in [2.45, 2.75) is 20.8 Å². The maximum Gasteiger partial charge on any atom is 0.310 e. The largest absolute Gasteiger partial charge is 0.466 e. The van der Waals surface area contributed by atoms with Crippen LogP contribution in [0.3, 0.4) is 0 Å². The predicted molar refractivity (Wildman–Crippen MR) is 57.2 cm³/mol. The smallest absolute Gasteiger partial charge is 0.310 e. The molecule has 0 saturated heterocycles. The highest BCUT2D eigenvalue weighted by Gasteiger charge is 2.61. The van der Waals surface area contributed by atoms with E-state index in [9.17, 15) is 4.79 Å². The van der Waals surface area contributed by atoms with Crippen molar-refractivity contribution in [2.75, 3.05) is 6.61 Å². The molecular formula is C10H14Cl2O2. The molecule has 1 aliphatic rings. The third kappa shape index (κ3) is 2.23. The molecule has 2 atom stereocenters. The van der Waals surface area contributed by atoms with Gasteiger partial charge in [0.05, 0.1) is 12.5 Å². The molecule has 0 bridgehead atoms. The van der Waals surface area contributed by atoms with Crippen LogP contribution in [0.4, 0.5) is 0 Å². The van der Waals surface area contributed by atoms with Crippen LogP contribution in [0.25, 0.3) is 0 Å². The Balaban J connectivity index is 2.66. The number of halogens is 2. The molecule has 0 aromatic heterocycles. The number of esters is 1. The van der Waals surface area contributed by atoms with Gasteiger partial charge in [-0.05, 0) is 24.3 Å². The average molecular weight is 237 g/mol. The van der Waals surface area contributed by atoms with Crippen LogP contribution < -0.4 is 0 Å². The highest BCUT2D eigenvalue weighted by molar-refractivity contribution is 6.55. The fraction of sp³-hybridized carbons (Fsp3) is 0.700. The summed E-state index contributed by atoms with van der Waals surface area (Å²) in [5, 5.41) is 0. The summed E-state index contributed by atoms with van der Waals surface area (Å²) in [5.41, 5.74) is -0.0821. The molecule has 0 aliphatic heterocycles. The van der Waals surface area contributed by atoms with E-state index in [-0.39, 0.29) is 27.7 Å². The van der Waals surface area contributed by atoms with E-state index in [4.69, 9.17) is 27.9 Å². The van der Waals surface area contributed by atoms with Crippen LogP contribution in [-0.2, 0) is 9.53 Å². The zero-order valence-electron chi connectivity index (χ0n) is 8.51. The van der Waals surface area contributed by atoms with Crippen molar-refractivity contribution >= 4 is 29.2 Å². The minimum atomic E-state index is -0.159. The van der Waals surface area contributed by atoms with Gasteiger partial charge in [0.25, 0.3) is 0 Å². The monoisotopic (exact) mass is 236 g/mol. The van der Waals surface area contributed by atoms with Crippen LogP contribution in [0.1, 0.15) is 20.8 Å². The minimum Gasteiger partial charge on any atom is -0.466 e. The summed E-state index contributed by atoms with van der Waals surface area (Å²) in [6.07, 6.45) is 1.71. The van der Waals surface area contributed by atoms with E-state index in [1.165, 1.54) is 0 Å². The molecule has 1 aliphatic carbocycles. The van der Waals surface area contributed by atoms with E-state index < -0.39 is 0 Å². The van der Waals surface area contributed by atoms with Crippen LogP contribution in [0.2, 0.25) is 0 Å². The average Bonchev–Trinajstić information content (AvgIpc) is 2.52. The first kappa shape index (κ1) is 11.9. The first-order valence-electron chi connectivity index (χ1n) is 4.60. The van der Waals surface area contributed by atoms with E-state index in [2.05, 4.69) is 0 Å². The van der Waals surface area contributed by atoms with Gasteiger partial charge in [0.15, 0.2) is 0 Å². The van der Waals surface area contributed by atoms with E-state index in [0.717, 1.165) is 0 Å². The van der Waals surface area contributed by atoms with E-state index in [1.807, 2.05) is 13.8 Å². The normalized spacial score (nSPS) is 28.1. The lowest BCUT2D eigenvalue weighted by Gasteiger charge is -2.01. The number of carbonyl (C=O) groups is 1. The quantitative estimate of drug-likeness (QED) is 0.705. The van der Waals surface area contributed by atoms with Crippen LogP contribution in [0.5, 0.6) is 0 Å². The molecule has 14 heavy (non-hydrogen) atoms. The van der Waals surface area contributed by atoms with Gasteiger partial charge in [-0.2, -0.15) is 0 Å². The van der Waals surface area contributed by atoms with Gasteiger partial charge in [0, 0.05) is 0 Å². The van der Waals surface area contributed by atoms with Crippen molar-refractivity contribution < 1.29 is 9.53 Å². The minimum absolute atomic E-state index is 0.0821. The molecule has 1 rings (SSSR count). The number of carbonyl (C=O) groups excluding carboxylic acids is 1. The molecule has 0 radical (unpaired) electrons. The van der Waals surface area contributed by atoms with Crippen LogP contribution >= 0.6 is 23.2 Å². The van der Waals surface area contributed by atoms with Crippen molar-refractivity contribution in [3.8, 4) is 0 Å². The molecular weight excluding hydrogens is 223 g/mol. The van der Waals surface area contributed by atoms with E-state index in [0.29, 0.717) is 6.61 Å². The Morgan fingerprint density at radius 3 is 2.50 bits per heavy atom. The first-order chi connectivity index (χ1) is 6.41. The van der Waals surface area contributed by atoms with E-state index in [1.54, 1.807) is 13.0 Å². The SMILES string of the molecule is CCOC(=O)[C@@H]1[C@H](C=C(Cl)Cl)C1(C)C. The lowest BCUT2D eigenvalue weighted by molar-refractivity contribution is -0.145. The zero-order chi connectivity index (χ0) is 10.9. The summed E-state index contributed by atoms with van der Waals surface area (Å²) in [6.45, 7) is 6.22. The van der Waals surface area contributed by atoms with Gasteiger partial charge in [-0.3, -0.25) is 4.79 Å². The summed E-state index contributed by atoms with van der Waals surface area (Å²) in [5.74, 6) is -0.158. The Morgan fingerprint density at radius 1 is 1.50 bits per heavy atom. The molecule has 0 aromatic carbocycles. The Kier molecular flexibility index (Phi) is 3.49. The molecule has 0 aromatic rings. The number of rotatable bonds is 3. The van der Waals surface area contributed by atoms with Gasteiger partial charge < -0.3 is 4.74 Å². The Bertz CT molecular complexity index is 267. The second-order valence-corrected chi connectivity index (χ2v) is 5.04. The van der Waals surface area contributed by atoms with Crippen LogP contribution in [-0.4, -0.2) is 12.6 Å². The lowest BCUT2D eigenvalue weighted by atomic mass is 10.1. The third-order valence-corrected chi connectivity index (χ3v) is 3.01. The Morgan fingerprint density at radius 2 is 2.07 bits per heavy atom. The van der Waals surface area contributed by atoms with Crippen molar-refractivity contribution in [3.05, 3.63) is 10.6 Å². The van der Waals surface area contributed by atoms with Crippen LogP contribution in [0.15, 0.2) is 10.6 Å². The Labute approximate surface area is 94.2 Å². The van der Waals surface area contributed by atoms with Crippen molar-refractivity contribution in [1.82, 2.24) is 0 Å². The molecule has 0 unspecified atom stereocenters. The molecule has 0 spiro atoms. The fourth-order valence-corrected chi connectivity index (χ4v) is 2.08. The molecule has 0 amide bonds. The summed E-state index contributed by atoms with van der Waals surface area (Å²) < 4.78 is 5.18. The zero-order valence-corrected chi connectivity index (χ0v) is 10.0. The molecule has 4 heteroatoms. The van der Waals surface area contributed by atoms with Gasteiger partial charge in [-0.1, -0.05) is 37.0 Å². The molecule has 2 nitrogen and oxygen atoms in total. The van der Waals surface area contributed by atoms with Crippen molar-refractivity contribution in [1.29, 1.82) is 0 Å². The Hall–Kier alpha value is -0.210. The maximum atomic E-state index is 11.5. The molecule has 80 valence electrons.